The molecule has 0 saturated heterocycles. The number of Topliss-reactive ketones (excluding diaryl/α,β-unsaturated/α-hetero) is 2. The molecule has 0 atom stereocenters. The minimum atomic E-state index is -1.04. The molecular weight excluding hydrogens is 360 g/mol. The molecule has 1 aliphatic carbocycles. The van der Waals surface area contributed by atoms with E-state index in [-0.39, 0.29) is 14.5 Å². The van der Waals surface area contributed by atoms with Gasteiger partial charge in [-0.1, -0.05) is 0 Å². The van der Waals surface area contributed by atoms with Gasteiger partial charge in [0.25, 0.3) is 11.8 Å². The van der Waals surface area contributed by atoms with Crippen molar-refractivity contribution in [3.8, 4) is 0 Å². The van der Waals surface area contributed by atoms with Crippen molar-refractivity contribution >= 4 is 55.2 Å². The summed E-state index contributed by atoms with van der Waals surface area (Å²) >= 11 is 5.62. The molecule has 0 aromatic carbocycles. The fourth-order valence-corrected chi connectivity index (χ4v) is 2.33. The molecule has 0 bridgehead atoms. The molecule has 17 heavy (non-hydrogen) atoms. The molecule has 0 spiro atoms. The van der Waals surface area contributed by atoms with E-state index >= 15 is 0 Å². The first-order chi connectivity index (χ1) is 7.82. The zero-order chi connectivity index (χ0) is 13.3. The van der Waals surface area contributed by atoms with Gasteiger partial charge in [0.05, 0.1) is 8.96 Å². The van der Waals surface area contributed by atoms with Gasteiger partial charge in [-0.2, -0.15) is 0 Å². The zero-order valence-corrected chi connectivity index (χ0v) is 11.6. The maximum absolute atomic E-state index is 11.8. The lowest BCUT2D eigenvalue weighted by molar-refractivity contribution is -0.124. The number of hydrogen-bond acceptors (Lipinski definition) is 4. The van der Waals surface area contributed by atoms with E-state index < -0.39 is 29.0 Å². The maximum atomic E-state index is 11.8. The van der Waals surface area contributed by atoms with E-state index in [9.17, 15) is 19.2 Å². The molecule has 0 unspecified atom stereocenters. The third kappa shape index (κ3) is 2.22. The quantitative estimate of drug-likeness (QED) is 0.516. The number of nitrogens with one attached hydrogen (secondary N) is 1. The second kappa shape index (κ2) is 4.92. The van der Waals surface area contributed by atoms with Crippen molar-refractivity contribution in [2.45, 2.75) is 0 Å². The number of carbonyl (C=O) groups is 4. The molecule has 0 aromatic heterocycles. The van der Waals surface area contributed by atoms with Crippen molar-refractivity contribution in [2.75, 3.05) is 7.05 Å². The Hall–Kier alpha value is -1.28. The number of likely N-dealkylation sites (N-methyl/N-ethyl adjacent to an activating group) is 1. The van der Waals surface area contributed by atoms with Crippen LogP contribution in [0.4, 0.5) is 0 Å². The van der Waals surface area contributed by atoms with Crippen molar-refractivity contribution < 1.29 is 19.2 Å². The highest BCUT2D eigenvalue weighted by atomic mass is 79.9. The van der Waals surface area contributed by atoms with Crippen LogP contribution in [-0.2, 0) is 19.2 Å². The Bertz CT molecular complexity index is 519. The Morgan fingerprint density at radius 1 is 1.06 bits per heavy atom. The van der Waals surface area contributed by atoms with Crippen LogP contribution in [0.5, 0.6) is 0 Å². The Morgan fingerprint density at radius 3 is 1.88 bits per heavy atom. The molecule has 8 heteroatoms. The van der Waals surface area contributed by atoms with E-state index in [4.69, 9.17) is 5.73 Å². The summed E-state index contributed by atoms with van der Waals surface area (Å²) in [5.41, 5.74) is 4.14. The first-order valence-electron chi connectivity index (χ1n) is 4.23. The smallest absolute Gasteiger partial charge is 0.256 e. The summed E-state index contributed by atoms with van der Waals surface area (Å²) in [5.74, 6) is -3.34. The van der Waals surface area contributed by atoms with Crippen LogP contribution in [0.25, 0.3) is 0 Å². The highest BCUT2D eigenvalue weighted by molar-refractivity contribution is 9.12. The van der Waals surface area contributed by atoms with Gasteiger partial charge in [-0.15, -0.1) is 0 Å². The Labute approximate surface area is 113 Å². The largest absolute Gasteiger partial charge is 0.365 e. The van der Waals surface area contributed by atoms with Crippen molar-refractivity contribution in [1.29, 1.82) is 0 Å². The summed E-state index contributed by atoms with van der Waals surface area (Å²) in [6.45, 7) is 0. The lowest BCUT2D eigenvalue weighted by Crippen LogP contribution is -2.34. The van der Waals surface area contributed by atoms with Crippen LogP contribution in [0.3, 0.4) is 0 Å². The monoisotopic (exact) mass is 364 g/mol. The molecular formula is C9H6Br2N2O4. The van der Waals surface area contributed by atoms with Crippen LogP contribution in [0.1, 0.15) is 0 Å². The van der Waals surface area contributed by atoms with Crippen LogP contribution >= 0.6 is 31.9 Å². The molecule has 0 fully saturated rings. The van der Waals surface area contributed by atoms with Gasteiger partial charge in [-0.25, -0.2) is 0 Å². The van der Waals surface area contributed by atoms with Crippen molar-refractivity contribution in [3.05, 3.63) is 20.1 Å². The summed E-state index contributed by atoms with van der Waals surface area (Å²) in [6.07, 6.45) is 0. The van der Waals surface area contributed by atoms with E-state index in [2.05, 4.69) is 37.2 Å². The van der Waals surface area contributed by atoms with E-state index in [1.807, 2.05) is 0 Å². The molecule has 0 saturated carbocycles. The van der Waals surface area contributed by atoms with Crippen LogP contribution < -0.4 is 11.1 Å². The highest BCUT2D eigenvalue weighted by Gasteiger charge is 2.37. The standard InChI is InChI=1S/C9H6Br2N2O4/c1-13-9(17)3-5(11)6(14)2(8(12)16)4(10)7(3)15/h1H3,(H2,12,16)(H,13,17). The predicted octanol–water partition coefficient (Wildman–Crippen LogP) is -0.333. The van der Waals surface area contributed by atoms with Crippen LogP contribution in [0.15, 0.2) is 20.1 Å². The van der Waals surface area contributed by atoms with E-state index in [1.165, 1.54) is 7.05 Å². The van der Waals surface area contributed by atoms with E-state index in [0.29, 0.717) is 0 Å². The van der Waals surface area contributed by atoms with Gasteiger partial charge >= 0.3 is 0 Å². The number of allylic oxidation sites excluding steroid dienone is 2. The molecule has 0 aromatic rings. The lowest BCUT2D eigenvalue weighted by atomic mass is 9.96. The summed E-state index contributed by atoms with van der Waals surface area (Å²) in [5, 5.41) is 2.22. The fourth-order valence-electron chi connectivity index (χ4n) is 1.19. The zero-order valence-electron chi connectivity index (χ0n) is 8.47. The van der Waals surface area contributed by atoms with Gasteiger partial charge in [-0.05, 0) is 31.9 Å². The summed E-state index contributed by atoms with van der Waals surface area (Å²) in [4.78, 5) is 46.0. The van der Waals surface area contributed by atoms with Crippen LogP contribution in [0.2, 0.25) is 0 Å². The highest BCUT2D eigenvalue weighted by Crippen LogP contribution is 2.31. The third-order valence-electron chi connectivity index (χ3n) is 1.99. The Balaban J connectivity index is 3.44. The second-order valence-corrected chi connectivity index (χ2v) is 4.57. The third-order valence-corrected chi connectivity index (χ3v) is 3.51. The average Bonchev–Trinajstić information content (AvgIpc) is 2.26. The molecule has 90 valence electrons. The predicted molar refractivity (Wildman–Crippen MR) is 65.2 cm³/mol. The number of primary amides is 1. The second-order valence-electron chi connectivity index (χ2n) is 2.98. The van der Waals surface area contributed by atoms with Gasteiger partial charge < -0.3 is 11.1 Å². The maximum Gasteiger partial charge on any atom is 0.256 e. The Kier molecular flexibility index (Phi) is 3.99. The average molecular weight is 366 g/mol. The minimum absolute atomic E-state index is 0.279. The van der Waals surface area contributed by atoms with Crippen molar-refractivity contribution in [1.82, 2.24) is 5.32 Å². The first-order valence-corrected chi connectivity index (χ1v) is 5.82. The number of hydrogen-bond donors (Lipinski definition) is 2. The number of ketones is 2. The normalized spacial score (nSPS) is 16.4. The minimum Gasteiger partial charge on any atom is -0.365 e. The fraction of sp³-hybridized carbons (Fsp3) is 0.111. The number of nitrogens with two attached hydrogens (primary N) is 1. The van der Waals surface area contributed by atoms with Crippen molar-refractivity contribution in [2.24, 2.45) is 5.73 Å². The lowest BCUT2D eigenvalue weighted by Gasteiger charge is -2.15. The van der Waals surface area contributed by atoms with Gasteiger partial charge in [0, 0.05) is 7.05 Å². The van der Waals surface area contributed by atoms with Gasteiger partial charge in [0.15, 0.2) is 0 Å². The van der Waals surface area contributed by atoms with Gasteiger partial charge in [0.2, 0.25) is 11.6 Å². The van der Waals surface area contributed by atoms with Gasteiger partial charge in [0.1, 0.15) is 11.1 Å². The number of amides is 2. The molecule has 3 N–H and O–H groups in total. The molecule has 2 amide bonds. The number of carbonyl (C=O) groups excluding carboxylic acids is 4. The summed E-state index contributed by atoms with van der Waals surface area (Å²) in [7, 11) is 1.31. The molecule has 0 aliphatic heterocycles. The SMILES string of the molecule is CNC(=O)C1=C(Br)C(=O)C(C(N)=O)=C(Br)C1=O. The topological polar surface area (TPSA) is 106 Å². The summed E-state index contributed by atoms with van der Waals surface area (Å²) in [6, 6.07) is 0. The number of halogens is 2. The molecule has 1 rings (SSSR count). The molecule has 0 heterocycles. The first kappa shape index (κ1) is 13.8. The van der Waals surface area contributed by atoms with Crippen LogP contribution in [-0.4, -0.2) is 30.4 Å². The van der Waals surface area contributed by atoms with Gasteiger partial charge in [-0.3, -0.25) is 19.2 Å². The Morgan fingerprint density at radius 2 is 1.47 bits per heavy atom. The van der Waals surface area contributed by atoms with E-state index in [1.54, 1.807) is 0 Å². The van der Waals surface area contributed by atoms with Crippen molar-refractivity contribution in [3.63, 3.8) is 0 Å². The van der Waals surface area contributed by atoms with E-state index in [0.717, 1.165) is 0 Å². The number of rotatable bonds is 2. The molecule has 1 aliphatic rings. The summed E-state index contributed by atoms with van der Waals surface area (Å²) < 4.78 is -0.587. The van der Waals surface area contributed by atoms with Crippen LogP contribution in [0, 0.1) is 0 Å². The molecule has 6 nitrogen and oxygen atoms in total. The molecule has 0 radical (unpaired) electrons.